The predicted octanol–water partition coefficient (Wildman–Crippen LogP) is 22.2. The minimum absolute atomic E-state index is 0.106. The summed E-state index contributed by atoms with van der Waals surface area (Å²) in [6.07, 6.45) is 52.7. The summed E-state index contributed by atoms with van der Waals surface area (Å²) < 4.78 is 68.5. The van der Waals surface area contributed by atoms with Crippen LogP contribution in [0.3, 0.4) is 0 Å². The van der Waals surface area contributed by atoms with Crippen molar-refractivity contribution in [3.8, 4) is 0 Å². The highest BCUT2D eigenvalue weighted by Gasteiger charge is 2.30. The van der Waals surface area contributed by atoms with Crippen molar-refractivity contribution in [1.82, 2.24) is 0 Å². The van der Waals surface area contributed by atoms with Crippen molar-refractivity contribution in [2.24, 2.45) is 17.8 Å². The molecule has 0 aliphatic rings. The van der Waals surface area contributed by atoms with Gasteiger partial charge in [-0.2, -0.15) is 0 Å². The van der Waals surface area contributed by atoms with Crippen LogP contribution in [0.25, 0.3) is 0 Å². The Morgan fingerprint density at radius 2 is 0.537 bits per heavy atom. The molecule has 0 aromatic rings. The fourth-order valence-electron chi connectivity index (χ4n) is 11.6. The molecule has 3 unspecified atom stereocenters. The fourth-order valence-corrected chi connectivity index (χ4v) is 13.1. The lowest BCUT2D eigenvalue weighted by atomic mass is 9.99. The average Bonchev–Trinajstić information content (AvgIpc) is 1.63. The van der Waals surface area contributed by atoms with Gasteiger partial charge in [0.15, 0.2) is 12.2 Å². The molecule has 19 heteroatoms. The SMILES string of the molecule is CCCCCCCCCCC(=O)OC[C@H](COP(=O)(O)OC[C@H](O)COP(=O)(O)OC[C@@H](COC(=O)CCCCCCCCCCCCCCCC(C)C)OC(=O)CCCCCCCCCCCCCCCCC(C)CC)OC(=O)CCCCCCCCCCCCC(C)C. The molecule has 0 heterocycles. The van der Waals surface area contributed by atoms with Crippen molar-refractivity contribution in [3.05, 3.63) is 0 Å². The molecule has 0 rings (SSSR count). The van der Waals surface area contributed by atoms with Gasteiger partial charge in [0, 0.05) is 25.7 Å². The van der Waals surface area contributed by atoms with Gasteiger partial charge in [0.1, 0.15) is 19.3 Å². The van der Waals surface area contributed by atoms with Crippen molar-refractivity contribution in [2.75, 3.05) is 39.6 Å². The summed E-state index contributed by atoms with van der Waals surface area (Å²) in [5, 5.41) is 10.6. The van der Waals surface area contributed by atoms with Gasteiger partial charge in [-0.1, -0.05) is 337 Å². The summed E-state index contributed by atoms with van der Waals surface area (Å²) in [6.45, 7) is 11.9. The van der Waals surface area contributed by atoms with E-state index in [4.69, 9.17) is 37.0 Å². The van der Waals surface area contributed by atoms with E-state index in [0.717, 1.165) is 114 Å². The molecule has 6 atom stereocenters. The number of aliphatic hydroxyl groups excluding tert-OH is 1. The number of phosphoric acid groups is 2. The number of phosphoric ester groups is 2. The molecule has 0 aliphatic carbocycles. The highest BCUT2D eigenvalue weighted by Crippen LogP contribution is 2.45. The molecular weight excluding hydrogens is 1250 g/mol. The van der Waals surface area contributed by atoms with E-state index in [9.17, 15) is 43.2 Å². The van der Waals surface area contributed by atoms with Crippen molar-refractivity contribution in [1.29, 1.82) is 0 Å². The van der Waals surface area contributed by atoms with Gasteiger partial charge >= 0.3 is 39.5 Å². The van der Waals surface area contributed by atoms with Crippen molar-refractivity contribution < 1.29 is 80.2 Å². The molecule has 0 aromatic carbocycles. The second-order valence-corrected chi connectivity index (χ2v) is 31.5. The second kappa shape index (κ2) is 66.6. The lowest BCUT2D eigenvalue weighted by Crippen LogP contribution is -2.30. The van der Waals surface area contributed by atoms with Crippen LogP contribution in [-0.2, 0) is 65.4 Å². The number of ether oxygens (including phenoxy) is 4. The number of hydrogen-bond donors (Lipinski definition) is 3. The van der Waals surface area contributed by atoms with Crippen LogP contribution in [0.1, 0.15) is 389 Å². The third-order valence-electron chi connectivity index (χ3n) is 18.0. The Morgan fingerprint density at radius 1 is 0.305 bits per heavy atom. The third kappa shape index (κ3) is 69.0. The van der Waals surface area contributed by atoms with E-state index in [-0.39, 0.29) is 25.7 Å². The van der Waals surface area contributed by atoms with E-state index < -0.39 is 97.5 Å². The van der Waals surface area contributed by atoms with E-state index in [2.05, 4.69) is 48.5 Å². The second-order valence-electron chi connectivity index (χ2n) is 28.6. The Hall–Kier alpha value is -1.94. The van der Waals surface area contributed by atoms with Crippen LogP contribution in [0.15, 0.2) is 0 Å². The molecule has 564 valence electrons. The molecule has 95 heavy (non-hydrogen) atoms. The highest BCUT2D eigenvalue weighted by molar-refractivity contribution is 7.47. The van der Waals surface area contributed by atoms with Crippen LogP contribution in [0.2, 0.25) is 0 Å². The van der Waals surface area contributed by atoms with Crippen LogP contribution in [0.5, 0.6) is 0 Å². The van der Waals surface area contributed by atoms with E-state index in [1.54, 1.807) is 0 Å². The summed E-state index contributed by atoms with van der Waals surface area (Å²) in [7, 11) is -9.91. The Labute approximate surface area is 581 Å². The number of rotatable bonds is 74. The van der Waals surface area contributed by atoms with Gasteiger partial charge in [-0.3, -0.25) is 37.3 Å². The number of hydrogen-bond acceptors (Lipinski definition) is 15. The Bertz CT molecular complexity index is 1850. The van der Waals surface area contributed by atoms with E-state index in [1.807, 2.05) is 0 Å². The summed E-state index contributed by atoms with van der Waals surface area (Å²) in [5.74, 6) is 0.270. The molecule has 0 bridgehead atoms. The summed E-state index contributed by atoms with van der Waals surface area (Å²) >= 11 is 0. The van der Waals surface area contributed by atoms with Crippen LogP contribution in [-0.4, -0.2) is 96.7 Å². The maximum Gasteiger partial charge on any atom is 0.472 e. The normalized spacial score (nSPS) is 14.4. The van der Waals surface area contributed by atoms with Crippen molar-refractivity contribution >= 4 is 39.5 Å². The van der Waals surface area contributed by atoms with Gasteiger partial charge in [-0.25, -0.2) is 9.13 Å². The quantitative estimate of drug-likeness (QED) is 0.0222. The number of unbranched alkanes of at least 4 members (excludes halogenated alkanes) is 41. The van der Waals surface area contributed by atoms with Gasteiger partial charge in [-0.05, 0) is 43.4 Å². The average molecular weight is 1400 g/mol. The fraction of sp³-hybridized carbons (Fsp3) is 0.947. The van der Waals surface area contributed by atoms with Crippen LogP contribution >= 0.6 is 15.6 Å². The Morgan fingerprint density at radius 3 is 0.800 bits per heavy atom. The van der Waals surface area contributed by atoms with Crippen LogP contribution in [0.4, 0.5) is 0 Å². The van der Waals surface area contributed by atoms with Gasteiger partial charge in [-0.15, -0.1) is 0 Å². The zero-order valence-electron chi connectivity index (χ0n) is 62.1. The van der Waals surface area contributed by atoms with Gasteiger partial charge in [0.05, 0.1) is 26.4 Å². The summed E-state index contributed by atoms with van der Waals surface area (Å²) in [5.41, 5.74) is 0. The number of aliphatic hydroxyl groups is 1. The molecule has 0 fully saturated rings. The topological polar surface area (TPSA) is 237 Å². The largest absolute Gasteiger partial charge is 0.472 e. The summed E-state index contributed by atoms with van der Waals surface area (Å²) in [6, 6.07) is 0. The Balaban J connectivity index is 5.22. The van der Waals surface area contributed by atoms with Gasteiger partial charge in [0.2, 0.25) is 0 Å². The smallest absolute Gasteiger partial charge is 0.462 e. The molecule has 0 aromatic heterocycles. The number of carbonyl (C=O) groups excluding carboxylic acids is 4. The molecule has 3 N–H and O–H groups in total. The molecular formula is C76H148O17P2. The third-order valence-corrected chi connectivity index (χ3v) is 19.9. The molecule has 0 amide bonds. The zero-order chi connectivity index (χ0) is 70.1. The first-order valence-corrected chi connectivity index (χ1v) is 42.4. The Kier molecular flexibility index (Phi) is 65.2. The maximum absolute atomic E-state index is 13.1. The van der Waals surface area contributed by atoms with Gasteiger partial charge in [0.25, 0.3) is 0 Å². The maximum atomic E-state index is 13.1. The monoisotopic (exact) mass is 1400 g/mol. The van der Waals surface area contributed by atoms with E-state index in [0.29, 0.717) is 25.7 Å². The number of esters is 4. The number of carbonyl (C=O) groups is 4. The van der Waals surface area contributed by atoms with Gasteiger partial charge < -0.3 is 33.8 Å². The first-order chi connectivity index (χ1) is 45.8. The van der Waals surface area contributed by atoms with E-state index >= 15 is 0 Å². The molecule has 17 nitrogen and oxygen atoms in total. The molecule has 0 radical (unpaired) electrons. The van der Waals surface area contributed by atoms with Crippen molar-refractivity contribution in [2.45, 2.75) is 407 Å². The van der Waals surface area contributed by atoms with E-state index in [1.165, 1.54) is 193 Å². The first-order valence-electron chi connectivity index (χ1n) is 39.4. The predicted molar refractivity (Wildman–Crippen MR) is 386 cm³/mol. The van der Waals surface area contributed by atoms with Crippen LogP contribution in [0, 0.1) is 17.8 Å². The standard InChI is InChI=1S/C76H148O17P2/c1-8-10-11-12-13-36-43-50-57-73(78)86-63-71(92-76(81)60-53-46-39-32-26-25-28-34-41-48-55-68(5)6)65-90-94(82,83)88-61-70(77)62-89-95(84,85)91-66-72(64-87-74(79)58-51-44-37-30-23-20-16-17-21-27-33-40-47-54-67(3)4)93-75(80)59-52-45-38-31-24-19-15-14-18-22-29-35-42-49-56-69(7)9-2/h67-72,77H,8-66H2,1-7H3,(H,82,83)(H,84,85)/t69?,70-,71+,72+/m0/s1. The highest BCUT2D eigenvalue weighted by atomic mass is 31.2. The lowest BCUT2D eigenvalue weighted by Gasteiger charge is -2.21. The molecule has 0 spiro atoms. The zero-order valence-corrected chi connectivity index (χ0v) is 63.9. The minimum Gasteiger partial charge on any atom is -0.462 e. The summed E-state index contributed by atoms with van der Waals surface area (Å²) in [4.78, 5) is 72.7. The van der Waals surface area contributed by atoms with Crippen LogP contribution < -0.4 is 0 Å². The lowest BCUT2D eigenvalue weighted by molar-refractivity contribution is -0.161. The first kappa shape index (κ1) is 93.1. The molecule has 0 aliphatic heterocycles. The molecule has 0 saturated carbocycles. The molecule has 0 saturated heterocycles. The van der Waals surface area contributed by atoms with Crippen molar-refractivity contribution in [3.63, 3.8) is 0 Å². The minimum atomic E-state index is -4.96.